The lowest BCUT2D eigenvalue weighted by Crippen LogP contribution is -2.49. The highest BCUT2D eigenvalue weighted by Gasteiger charge is 2.57. The van der Waals surface area contributed by atoms with Gasteiger partial charge in [0.1, 0.15) is 6.10 Å². The van der Waals surface area contributed by atoms with Gasteiger partial charge in [-0.05, 0) is 31.6 Å². The van der Waals surface area contributed by atoms with Crippen LogP contribution in [0.3, 0.4) is 0 Å². The van der Waals surface area contributed by atoms with Crippen LogP contribution in [-0.2, 0) is 14.3 Å². The zero-order chi connectivity index (χ0) is 12.0. The number of nitrogens with zero attached hydrogens (tertiary/aromatic N) is 1. The molecule has 0 bridgehead atoms. The molecule has 0 N–H and O–H groups in total. The zero-order valence-electron chi connectivity index (χ0n) is 10.8. The minimum absolute atomic E-state index is 0.0929. The Labute approximate surface area is 102 Å². The molecule has 0 amide bonds. The summed E-state index contributed by atoms with van der Waals surface area (Å²) in [7, 11) is 3.47. The van der Waals surface area contributed by atoms with Crippen molar-refractivity contribution in [3.8, 4) is 0 Å². The van der Waals surface area contributed by atoms with Crippen LogP contribution in [0.1, 0.15) is 32.6 Å². The Hall–Kier alpha value is -0.610. The fraction of sp³-hybridized carbons (Fsp3) is 0.923. The second-order valence-corrected chi connectivity index (χ2v) is 5.75. The lowest BCUT2D eigenvalue weighted by Gasteiger charge is -2.47. The summed E-state index contributed by atoms with van der Waals surface area (Å²) in [6.45, 7) is 2.30. The van der Waals surface area contributed by atoms with Crippen molar-refractivity contribution in [2.24, 2.45) is 22.4 Å². The van der Waals surface area contributed by atoms with Crippen molar-refractivity contribution in [2.75, 3.05) is 14.2 Å². The van der Waals surface area contributed by atoms with Crippen molar-refractivity contribution in [1.82, 2.24) is 0 Å². The van der Waals surface area contributed by atoms with E-state index in [-0.39, 0.29) is 11.7 Å². The molecule has 0 aromatic heterocycles. The Morgan fingerprint density at radius 2 is 2.12 bits per heavy atom. The van der Waals surface area contributed by atoms with Crippen LogP contribution in [0.5, 0.6) is 0 Å². The maximum atomic E-state index is 5.54. The molecule has 4 nitrogen and oxygen atoms in total. The van der Waals surface area contributed by atoms with Gasteiger partial charge in [0.25, 0.3) is 0 Å². The van der Waals surface area contributed by atoms with Crippen molar-refractivity contribution < 1.29 is 14.3 Å². The molecule has 4 atom stereocenters. The fourth-order valence-corrected chi connectivity index (χ4v) is 4.20. The van der Waals surface area contributed by atoms with Gasteiger partial charge in [-0.15, -0.1) is 0 Å². The van der Waals surface area contributed by atoms with Crippen LogP contribution in [0.4, 0.5) is 0 Å². The van der Waals surface area contributed by atoms with Crippen molar-refractivity contribution >= 4 is 5.71 Å². The Morgan fingerprint density at radius 3 is 2.82 bits per heavy atom. The molecule has 3 aliphatic rings. The van der Waals surface area contributed by atoms with Gasteiger partial charge in [0, 0.05) is 25.6 Å². The molecule has 0 radical (unpaired) electrons. The Morgan fingerprint density at radius 1 is 1.35 bits per heavy atom. The van der Waals surface area contributed by atoms with Crippen molar-refractivity contribution in [3.05, 3.63) is 0 Å². The third-order valence-electron chi connectivity index (χ3n) is 5.02. The summed E-state index contributed by atoms with van der Waals surface area (Å²) < 4.78 is 11.1. The first-order valence-corrected chi connectivity index (χ1v) is 6.49. The molecule has 2 aliphatic carbocycles. The van der Waals surface area contributed by atoms with Crippen LogP contribution in [0.2, 0.25) is 0 Å². The van der Waals surface area contributed by atoms with Crippen LogP contribution < -0.4 is 0 Å². The van der Waals surface area contributed by atoms with E-state index in [4.69, 9.17) is 14.3 Å². The maximum absolute atomic E-state index is 5.54. The van der Waals surface area contributed by atoms with E-state index in [2.05, 4.69) is 12.1 Å². The lowest BCUT2D eigenvalue weighted by atomic mass is 9.62. The summed E-state index contributed by atoms with van der Waals surface area (Å²) in [5.74, 6) is 1.11. The number of oxime groups is 1. The first kappa shape index (κ1) is 11.5. The SMILES string of the molecule is COC(OC)[C@]1(C)CC[C@@H]2ON=C3CC[C@H]1[C@@H]32. The summed E-state index contributed by atoms with van der Waals surface area (Å²) in [6.07, 6.45) is 4.64. The molecule has 2 fully saturated rings. The second-order valence-electron chi connectivity index (χ2n) is 5.75. The number of ether oxygens (including phenoxy) is 2. The molecule has 0 spiro atoms. The number of hydrogen-bond acceptors (Lipinski definition) is 4. The van der Waals surface area contributed by atoms with Gasteiger partial charge in [0.2, 0.25) is 0 Å². The Balaban J connectivity index is 1.90. The first-order chi connectivity index (χ1) is 8.20. The van der Waals surface area contributed by atoms with Crippen molar-refractivity contribution in [1.29, 1.82) is 0 Å². The highest BCUT2D eigenvalue weighted by Crippen LogP contribution is 2.55. The normalized spacial score (nSPS) is 43.5. The van der Waals surface area contributed by atoms with E-state index in [1.807, 2.05) is 0 Å². The molecule has 0 unspecified atom stereocenters. The van der Waals surface area contributed by atoms with Crippen LogP contribution in [0.15, 0.2) is 5.16 Å². The third kappa shape index (κ3) is 1.47. The van der Waals surface area contributed by atoms with E-state index < -0.39 is 0 Å². The van der Waals surface area contributed by atoms with Crippen molar-refractivity contribution in [3.63, 3.8) is 0 Å². The number of rotatable bonds is 3. The summed E-state index contributed by atoms with van der Waals surface area (Å²) in [4.78, 5) is 5.54. The monoisotopic (exact) mass is 239 g/mol. The Kier molecular flexibility index (Phi) is 2.67. The second kappa shape index (κ2) is 3.95. The minimum atomic E-state index is -0.117. The molecule has 3 rings (SSSR count). The molecule has 0 aromatic rings. The predicted octanol–water partition coefficient (Wildman–Crippen LogP) is 2.19. The molecule has 1 aliphatic heterocycles. The van der Waals surface area contributed by atoms with E-state index in [9.17, 15) is 0 Å². The van der Waals surface area contributed by atoms with Gasteiger partial charge in [-0.25, -0.2) is 0 Å². The van der Waals surface area contributed by atoms with Gasteiger partial charge in [-0.2, -0.15) is 0 Å². The molecule has 0 aromatic carbocycles. The summed E-state index contributed by atoms with van der Waals surface area (Å²) in [6, 6.07) is 0. The highest BCUT2D eigenvalue weighted by molar-refractivity contribution is 5.90. The largest absolute Gasteiger partial charge is 0.392 e. The first-order valence-electron chi connectivity index (χ1n) is 6.49. The quantitative estimate of drug-likeness (QED) is 0.709. The van der Waals surface area contributed by atoms with E-state index in [0.717, 1.165) is 19.3 Å². The number of hydrogen-bond donors (Lipinski definition) is 0. The average Bonchev–Trinajstić information content (AvgIpc) is 2.90. The topological polar surface area (TPSA) is 40.0 Å². The van der Waals surface area contributed by atoms with Gasteiger partial charge in [0.15, 0.2) is 6.29 Å². The van der Waals surface area contributed by atoms with Crippen molar-refractivity contribution in [2.45, 2.75) is 45.0 Å². The van der Waals surface area contributed by atoms with E-state index in [0.29, 0.717) is 17.9 Å². The number of methoxy groups -OCH3 is 2. The smallest absolute Gasteiger partial charge is 0.162 e. The van der Waals surface area contributed by atoms with Crippen LogP contribution in [0, 0.1) is 17.3 Å². The standard InChI is InChI=1S/C13H21NO3/c1-13(12(15-2)16-3)7-6-10-11-8(13)4-5-9(11)14-17-10/h8,10-12H,4-7H2,1-3H3/t8-,10-,11-,13+/m0/s1. The van der Waals surface area contributed by atoms with Crippen LogP contribution in [0.25, 0.3) is 0 Å². The molecule has 2 saturated carbocycles. The third-order valence-corrected chi connectivity index (χ3v) is 5.02. The maximum Gasteiger partial charge on any atom is 0.162 e. The molecule has 0 saturated heterocycles. The average molecular weight is 239 g/mol. The highest BCUT2D eigenvalue weighted by atomic mass is 16.7. The Bertz CT molecular complexity index is 340. The van der Waals surface area contributed by atoms with Gasteiger partial charge in [0.05, 0.1) is 5.71 Å². The van der Waals surface area contributed by atoms with Gasteiger partial charge < -0.3 is 14.3 Å². The van der Waals surface area contributed by atoms with Crippen LogP contribution >= 0.6 is 0 Å². The summed E-state index contributed by atoms with van der Waals surface area (Å²) in [5, 5.41) is 4.25. The zero-order valence-corrected chi connectivity index (χ0v) is 10.8. The van der Waals surface area contributed by atoms with E-state index in [1.54, 1.807) is 14.2 Å². The van der Waals surface area contributed by atoms with Gasteiger partial charge >= 0.3 is 0 Å². The molecular weight excluding hydrogens is 218 g/mol. The van der Waals surface area contributed by atoms with E-state index >= 15 is 0 Å². The molecular formula is C13H21NO3. The molecule has 4 heteroatoms. The molecule has 1 heterocycles. The summed E-state index contributed by atoms with van der Waals surface area (Å²) >= 11 is 0. The van der Waals surface area contributed by atoms with Gasteiger partial charge in [-0.1, -0.05) is 12.1 Å². The van der Waals surface area contributed by atoms with E-state index in [1.165, 1.54) is 12.1 Å². The fourth-order valence-electron chi connectivity index (χ4n) is 4.20. The van der Waals surface area contributed by atoms with Gasteiger partial charge in [-0.3, -0.25) is 0 Å². The summed E-state index contributed by atoms with van der Waals surface area (Å²) in [5.41, 5.74) is 1.37. The lowest BCUT2D eigenvalue weighted by molar-refractivity contribution is -0.211. The molecule has 96 valence electrons. The minimum Gasteiger partial charge on any atom is -0.392 e. The van der Waals surface area contributed by atoms with Crippen LogP contribution in [-0.4, -0.2) is 32.3 Å². The molecule has 17 heavy (non-hydrogen) atoms. The predicted molar refractivity (Wildman–Crippen MR) is 63.7 cm³/mol.